The summed E-state index contributed by atoms with van der Waals surface area (Å²) in [6.45, 7) is 6.44. The van der Waals surface area contributed by atoms with Crippen molar-refractivity contribution in [1.29, 1.82) is 0 Å². The zero-order chi connectivity index (χ0) is 24.6. The first-order chi connectivity index (χ1) is 17.6. The second-order valence-electron chi connectivity index (χ2n) is 11.2. The number of hydrogen-bond acceptors (Lipinski definition) is 6. The maximum Gasteiger partial charge on any atom is 0.341 e. The number of benzene rings is 1. The van der Waals surface area contributed by atoms with Gasteiger partial charge in [0.2, 0.25) is 5.91 Å². The molecule has 2 aromatic rings. The van der Waals surface area contributed by atoms with E-state index in [0.717, 1.165) is 67.0 Å². The molecule has 1 aromatic heterocycles. The molecule has 1 aromatic carbocycles. The Kier molecular flexibility index (Phi) is 6.88. The fraction of sp³-hybridized carbons (Fsp3) is 0.586. The number of nitrogens with one attached hydrogen (secondary N) is 1. The minimum absolute atomic E-state index is 0.0647. The number of piperazine rings is 1. The van der Waals surface area contributed by atoms with Gasteiger partial charge in [-0.3, -0.25) is 14.6 Å². The van der Waals surface area contributed by atoms with Crippen LogP contribution >= 0.6 is 11.3 Å². The molecule has 5 aliphatic rings. The number of carbonyl (C=O) groups excluding carboxylic acids is 2. The van der Waals surface area contributed by atoms with Gasteiger partial charge in [-0.15, -0.1) is 11.3 Å². The van der Waals surface area contributed by atoms with Gasteiger partial charge in [0.15, 0.2) is 0 Å². The van der Waals surface area contributed by atoms with Crippen LogP contribution in [0.3, 0.4) is 0 Å². The van der Waals surface area contributed by atoms with Crippen molar-refractivity contribution in [2.24, 2.45) is 23.7 Å². The lowest BCUT2D eigenvalue weighted by Crippen LogP contribution is -2.60. The molecule has 2 heterocycles. The number of amides is 1. The molecule has 0 spiro atoms. The van der Waals surface area contributed by atoms with Gasteiger partial charge in [0.25, 0.3) is 0 Å². The molecule has 7 rings (SSSR count). The molecule has 1 amide bonds. The number of anilines is 1. The second kappa shape index (κ2) is 10.3. The molecule has 4 bridgehead atoms. The Labute approximate surface area is 218 Å². The number of nitrogens with zero attached hydrogens (tertiary/aromatic N) is 2. The van der Waals surface area contributed by atoms with Crippen molar-refractivity contribution in [1.82, 2.24) is 9.80 Å². The molecule has 4 saturated carbocycles. The Morgan fingerprint density at radius 1 is 0.972 bits per heavy atom. The number of hydrogen-bond donors (Lipinski definition) is 1. The molecule has 0 unspecified atom stereocenters. The molecule has 192 valence electrons. The zero-order valence-corrected chi connectivity index (χ0v) is 22.0. The van der Waals surface area contributed by atoms with Gasteiger partial charge in [0, 0.05) is 43.2 Å². The molecule has 7 heteroatoms. The Balaban J connectivity index is 1.07. The minimum Gasteiger partial charge on any atom is -0.462 e. The number of thiophene rings is 1. The van der Waals surface area contributed by atoms with E-state index in [1.165, 1.54) is 43.4 Å². The van der Waals surface area contributed by atoms with Crippen molar-refractivity contribution < 1.29 is 14.3 Å². The molecular weight excluding hydrogens is 470 g/mol. The highest BCUT2D eigenvalue weighted by molar-refractivity contribution is 7.15. The molecular formula is C29H37N3O3S. The summed E-state index contributed by atoms with van der Waals surface area (Å²) >= 11 is 1.39. The van der Waals surface area contributed by atoms with E-state index in [2.05, 4.69) is 15.1 Å². The molecule has 6 nitrogen and oxygen atoms in total. The van der Waals surface area contributed by atoms with Crippen LogP contribution in [0.1, 0.15) is 49.4 Å². The van der Waals surface area contributed by atoms with Crippen molar-refractivity contribution in [3.8, 4) is 11.1 Å². The lowest BCUT2D eigenvalue weighted by Gasteiger charge is -2.58. The molecule has 5 fully saturated rings. The minimum atomic E-state index is -0.391. The largest absolute Gasteiger partial charge is 0.462 e. The molecule has 36 heavy (non-hydrogen) atoms. The maximum absolute atomic E-state index is 13.0. The topological polar surface area (TPSA) is 61.9 Å². The van der Waals surface area contributed by atoms with Gasteiger partial charge in [-0.1, -0.05) is 30.3 Å². The third-order valence-corrected chi connectivity index (χ3v) is 9.88. The summed E-state index contributed by atoms with van der Waals surface area (Å²) in [6, 6.07) is 10.6. The van der Waals surface area contributed by atoms with Crippen LogP contribution < -0.4 is 5.32 Å². The third-order valence-electron chi connectivity index (χ3n) is 8.98. The fourth-order valence-electron chi connectivity index (χ4n) is 7.77. The number of esters is 1. The van der Waals surface area contributed by atoms with E-state index in [4.69, 9.17) is 4.74 Å². The van der Waals surface area contributed by atoms with E-state index >= 15 is 0 Å². The van der Waals surface area contributed by atoms with E-state index in [-0.39, 0.29) is 5.91 Å². The quantitative estimate of drug-likeness (QED) is 0.536. The van der Waals surface area contributed by atoms with Crippen LogP contribution in [0, 0.1) is 23.7 Å². The molecule has 1 saturated heterocycles. The van der Waals surface area contributed by atoms with Crippen LogP contribution in [0.4, 0.5) is 5.00 Å². The average molecular weight is 508 g/mol. The summed E-state index contributed by atoms with van der Waals surface area (Å²) < 4.78 is 5.33. The zero-order valence-electron chi connectivity index (χ0n) is 21.2. The smallest absolute Gasteiger partial charge is 0.341 e. The van der Waals surface area contributed by atoms with Crippen molar-refractivity contribution in [3.63, 3.8) is 0 Å². The van der Waals surface area contributed by atoms with Crippen LogP contribution in [0.5, 0.6) is 0 Å². The molecule has 4 aliphatic carbocycles. The van der Waals surface area contributed by atoms with Crippen molar-refractivity contribution in [2.45, 2.75) is 45.1 Å². The molecule has 1 aliphatic heterocycles. The summed E-state index contributed by atoms with van der Waals surface area (Å²) in [5.41, 5.74) is 2.20. The maximum atomic E-state index is 13.0. The number of carbonyl (C=O) groups is 2. The van der Waals surface area contributed by atoms with E-state index in [1.807, 2.05) is 35.7 Å². The monoisotopic (exact) mass is 507 g/mol. The van der Waals surface area contributed by atoms with Crippen molar-refractivity contribution >= 4 is 28.2 Å². The Morgan fingerprint density at radius 3 is 2.28 bits per heavy atom. The fourth-order valence-corrected chi connectivity index (χ4v) is 8.74. The number of rotatable bonds is 7. The van der Waals surface area contributed by atoms with Crippen LogP contribution in [-0.4, -0.2) is 67.0 Å². The van der Waals surface area contributed by atoms with E-state index in [0.29, 0.717) is 23.7 Å². The first kappa shape index (κ1) is 24.1. The van der Waals surface area contributed by atoms with Crippen molar-refractivity contribution in [2.75, 3.05) is 44.6 Å². The summed E-state index contributed by atoms with van der Waals surface area (Å²) in [5, 5.41) is 5.53. The Bertz CT molecular complexity index is 1060. The lowest BCUT2D eigenvalue weighted by atomic mass is 9.54. The predicted octanol–water partition coefficient (Wildman–Crippen LogP) is 4.97. The molecule has 0 radical (unpaired) electrons. The summed E-state index contributed by atoms with van der Waals surface area (Å²) in [7, 11) is 0. The highest BCUT2D eigenvalue weighted by atomic mass is 32.1. The van der Waals surface area contributed by atoms with Gasteiger partial charge in [0.05, 0.1) is 13.2 Å². The predicted molar refractivity (Wildman–Crippen MR) is 143 cm³/mol. The van der Waals surface area contributed by atoms with Gasteiger partial charge in [-0.25, -0.2) is 4.79 Å². The molecule has 1 N–H and O–H groups in total. The highest BCUT2D eigenvalue weighted by Crippen LogP contribution is 2.55. The van der Waals surface area contributed by atoms with Crippen LogP contribution in [-0.2, 0) is 9.53 Å². The van der Waals surface area contributed by atoms with Crippen LogP contribution in [0.2, 0.25) is 0 Å². The van der Waals surface area contributed by atoms with Crippen LogP contribution in [0.25, 0.3) is 11.1 Å². The van der Waals surface area contributed by atoms with Crippen molar-refractivity contribution in [3.05, 3.63) is 41.3 Å². The lowest BCUT2D eigenvalue weighted by molar-refractivity contribution is -0.118. The van der Waals surface area contributed by atoms with Gasteiger partial charge < -0.3 is 10.1 Å². The highest BCUT2D eigenvalue weighted by Gasteiger charge is 2.50. The summed E-state index contributed by atoms with van der Waals surface area (Å²) in [5.74, 6) is 3.38. The van der Waals surface area contributed by atoms with E-state index in [9.17, 15) is 9.59 Å². The van der Waals surface area contributed by atoms with E-state index < -0.39 is 5.97 Å². The normalized spacial score (nSPS) is 29.9. The first-order valence-electron chi connectivity index (χ1n) is 13.7. The summed E-state index contributed by atoms with van der Waals surface area (Å²) in [4.78, 5) is 30.8. The molecule has 0 atom stereocenters. The average Bonchev–Trinajstić information content (AvgIpc) is 3.28. The number of ether oxygens (including phenoxy) is 1. The van der Waals surface area contributed by atoms with Crippen LogP contribution in [0.15, 0.2) is 35.7 Å². The first-order valence-corrected chi connectivity index (χ1v) is 14.6. The Morgan fingerprint density at radius 2 is 1.64 bits per heavy atom. The van der Waals surface area contributed by atoms with Gasteiger partial charge in [0.1, 0.15) is 10.6 Å². The third kappa shape index (κ3) is 4.73. The van der Waals surface area contributed by atoms with E-state index in [1.54, 1.807) is 6.92 Å². The standard InChI is InChI=1S/C29H37N3O3S/c1-2-35-29(34)26-24(21-6-4-3-5-7-21)18-36-28(26)30-25(33)17-31-8-10-32(11-9-31)27-22-13-19-12-20(15-22)16-23(27)14-19/h3-7,18-20,22-23,27H,2,8-17H2,1H3,(H,30,33). The second-order valence-corrected chi connectivity index (χ2v) is 12.1. The van der Waals surface area contributed by atoms with Gasteiger partial charge in [-0.2, -0.15) is 0 Å². The van der Waals surface area contributed by atoms with Gasteiger partial charge in [-0.05, 0) is 68.3 Å². The van der Waals surface area contributed by atoms with Gasteiger partial charge >= 0.3 is 5.97 Å². The SMILES string of the molecule is CCOC(=O)c1c(-c2ccccc2)csc1NC(=O)CN1CCN(C2C3CC4CC(C3)CC2C4)CC1. The summed E-state index contributed by atoms with van der Waals surface area (Å²) in [6.07, 6.45) is 7.31. The Hall–Kier alpha value is -2.22.